The lowest BCUT2D eigenvalue weighted by atomic mass is 10.1. The summed E-state index contributed by atoms with van der Waals surface area (Å²) in [7, 11) is -3.79. The van der Waals surface area contributed by atoms with Gasteiger partial charge in [0.1, 0.15) is 6.04 Å². The van der Waals surface area contributed by atoms with Gasteiger partial charge in [-0.25, -0.2) is 13.2 Å². The molecule has 1 amide bonds. The molecular weight excluding hydrogens is 399 g/mol. The van der Waals surface area contributed by atoms with Gasteiger partial charge >= 0.3 is 12.1 Å². The summed E-state index contributed by atoms with van der Waals surface area (Å²) in [4.78, 5) is 23.6. The van der Waals surface area contributed by atoms with E-state index in [1.165, 1.54) is 0 Å². The van der Waals surface area contributed by atoms with Crippen LogP contribution in [0.25, 0.3) is 0 Å². The Bertz CT molecular complexity index is 769. The minimum absolute atomic E-state index is 0.199. The molecule has 1 aromatic rings. The summed E-state index contributed by atoms with van der Waals surface area (Å²) in [6.45, 7) is 3.64. The quantitative estimate of drug-likeness (QED) is 0.602. The van der Waals surface area contributed by atoms with Crippen LogP contribution in [0.15, 0.2) is 24.3 Å². The van der Waals surface area contributed by atoms with E-state index in [2.05, 4.69) is 5.32 Å². The standard InChI is InChI=1S/C18H24F3NO5S/c1-3-5-14(6-4-2)28(26,27)11-15(17(24)25)22-16(23)12-7-9-13(10-8-12)18(19,20)21/h7-10,14-15H,3-6,11H2,1-2H3,(H,22,23)(H,24,25)/t15-/m0/s1. The molecule has 0 saturated carbocycles. The van der Waals surface area contributed by atoms with Crippen LogP contribution in [0.1, 0.15) is 55.5 Å². The summed E-state index contributed by atoms with van der Waals surface area (Å²) in [6.07, 6.45) is -2.58. The molecular formula is C18H24F3NO5S. The van der Waals surface area contributed by atoms with Crippen molar-refractivity contribution in [3.8, 4) is 0 Å². The van der Waals surface area contributed by atoms with E-state index in [-0.39, 0.29) is 5.56 Å². The number of hydrogen-bond acceptors (Lipinski definition) is 4. The number of carbonyl (C=O) groups is 2. The van der Waals surface area contributed by atoms with Crippen molar-refractivity contribution in [3.63, 3.8) is 0 Å². The predicted molar refractivity (Wildman–Crippen MR) is 97.7 cm³/mol. The molecule has 0 saturated heterocycles. The van der Waals surface area contributed by atoms with E-state index in [1.807, 2.05) is 13.8 Å². The van der Waals surface area contributed by atoms with Crippen LogP contribution in [0, 0.1) is 0 Å². The lowest BCUT2D eigenvalue weighted by Gasteiger charge is -2.20. The molecule has 1 rings (SSSR count). The number of aliphatic carboxylic acids is 1. The van der Waals surface area contributed by atoms with Gasteiger partial charge in [-0.3, -0.25) is 4.79 Å². The lowest BCUT2D eigenvalue weighted by molar-refractivity contribution is -0.139. The summed E-state index contributed by atoms with van der Waals surface area (Å²) in [6, 6.07) is 1.50. The first-order valence-electron chi connectivity index (χ1n) is 8.84. The Morgan fingerprint density at radius 3 is 1.96 bits per heavy atom. The normalized spacial score (nSPS) is 13.4. The zero-order valence-corrected chi connectivity index (χ0v) is 16.4. The molecule has 0 radical (unpaired) electrons. The van der Waals surface area contributed by atoms with Crippen LogP contribution < -0.4 is 5.32 Å². The maximum atomic E-state index is 12.6. The molecule has 0 aromatic heterocycles. The number of halogens is 3. The van der Waals surface area contributed by atoms with Gasteiger partial charge in [0, 0.05) is 5.56 Å². The third-order valence-electron chi connectivity index (χ3n) is 4.21. The number of carboxylic acids is 1. The van der Waals surface area contributed by atoms with Crippen molar-refractivity contribution in [2.24, 2.45) is 0 Å². The van der Waals surface area contributed by atoms with Crippen molar-refractivity contribution in [2.45, 2.75) is 57.0 Å². The summed E-state index contributed by atoms with van der Waals surface area (Å²) in [5.41, 5.74) is -1.15. The minimum atomic E-state index is -4.57. The van der Waals surface area contributed by atoms with E-state index in [0.717, 1.165) is 12.1 Å². The summed E-state index contributed by atoms with van der Waals surface area (Å²) >= 11 is 0. The average Bonchev–Trinajstić information content (AvgIpc) is 2.60. The molecule has 0 aliphatic heterocycles. The van der Waals surface area contributed by atoms with Gasteiger partial charge in [-0.15, -0.1) is 0 Å². The van der Waals surface area contributed by atoms with E-state index >= 15 is 0 Å². The molecule has 6 nitrogen and oxygen atoms in total. The van der Waals surface area contributed by atoms with Gasteiger partial charge in [-0.2, -0.15) is 13.2 Å². The molecule has 0 aliphatic rings. The molecule has 1 aromatic carbocycles. The molecule has 28 heavy (non-hydrogen) atoms. The Hall–Kier alpha value is -2.10. The van der Waals surface area contributed by atoms with Gasteiger partial charge < -0.3 is 10.4 Å². The van der Waals surface area contributed by atoms with Crippen molar-refractivity contribution in [3.05, 3.63) is 35.4 Å². The van der Waals surface area contributed by atoms with Crippen molar-refractivity contribution in [1.29, 1.82) is 0 Å². The summed E-state index contributed by atoms with van der Waals surface area (Å²) in [5, 5.41) is 10.7. The van der Waals surface area contributed by atoms with Gasteiger partial charge in [-0.1, -0.05) is 26.7 Å². The third-order valence-corrected chi connectivity index (χ3v) is 6.49. The Balaban J connectivity index is 2.95. The molecule has 0 heterocycles. The van der Waals surface area contributed by atoms with Crippen LogP contribution in [-0.2, 0) is 20.8 Å². The molecule has 2 N–H and O–H groups in total. The maximum Gasteiger partial charge on any atom is 0.416 e. The fraction of sp³-hybridized carbons (Fsp3) is 0.556. The van der Waals surface area contributed by atoms with Crippen LogP contribution in [-0.4, -0.2) is 42.4 Å². The van der Waals surface area contributed by atoms with Crippen LogP contribution in [0.3, 0.4) is 0 Å². The number of benzene rings is 1. The second kappa shape index (κ2) is 9.90. The largest absolute Gasteiger partial charge is 0.480 e. The van der Waals surface area contributed by atoms with Crippen molar-refractivity contribution < 1.29 is 36.3 Å². The number of nitrogens with one attached hydrogen (secondary N) is 1. The zero-order valence-electron chi connectivity index (χ0n) is 15.6. The summed E-state index contributed by atoms with van der Waals surface area (Å²) in [5.74, 6) is -3.27. The Labute approximate surface area is 162 Å². The number of hydrogen-bond donors (Lipinski definition) is 2. The maximum absolute atomic E-state index is 12.6. The molecule has 158 valence electrons. The van der Waals surface area contributed by atoms with E-state index in [4.69, 9.17) is 0 Å². The highest BCUT2D eigenvalue weighted by Crippen LogP contribution is 2.29. The molecule has 0 aliphatic carbocycles. The van der Waals surface area contributed by atoms with Crippen LogP contribution in [0.4, 0.5) is 13.2 Å². The predicted octanol–water partition coefficient (Wildman–Crippen LogP) is 3.27. The number of carboxylic acid groups (broad SMARTS) is 1. The zero-order chi connectivity index (χ0) is 21.5. The van der Waals surface area contributed by atoms with Gasteiger partial charge in [-0.05, 0) is 37.1 Å². The number of amides is 1. The van der Waals surface area contributed by atoms with E-state index < -0.39 is 50.5 Å². The van der Waals surface area contributed by atoms with E-state index in [0.29, 0.717) is 37.8 Å². The van der Waals surface area contributed by atoms with Crippen LogP contribution in [0.2, 0.25) is 0 Å². The van der Waals surface area contributed by atoms with Crippen molar-refractivity contribution in [1.82, 2.24) is 5.32 Å². The average molecular weight is 423 g/mol. The number of alkyl halides is 3. The van der Waals surface area contributed by atoms with Gasteiger partial charge in [0.2, 0.25) is 0 Å². The molecule has 0 spiro atoms. The van der Waals surface area contributed by atoms with Gasteiger partial charge in [0.25, 0.3) is 5.91 Å². The molecule has 10 heteroatoms. The smallest absolute Gasteiger partial charge is 0.416 e. The number of rotatable bonds is 10. The fourth-order valence-electron chi connectivity index (χ4n) is 2.74. The Morgan fingerprint density at radius 2 is 1.57 bits per heavy atom. The Kier molecular flexibility index (Phi) is 8.47. The second-order valence-corrected chi connectivity index (χ2v) is 8.79. The second-order valence-electron chi connectivity index (χ2n) is 6.47. The van der Waals surface area contributed by atoms with Gasteiger partial charge in [0.05, 0.1) is 16.6 Å². The Morgan fingerprint density at radius 1 is 1.07 bits per heavy atom. The first-order valence-corrected chi connectivity index (χ1v) is 10.6. The molecule has 0 fully saturated rings. The third kappa shape index (κ3) is 6.81. The highest BCUT2D eigenvalue weighted by molar-refractivity contribution is 7.92. The van der Waals surface area contributed by atoms with Crippen molar-refractivity contribution >= 4 is 21.7 Å². The van der Waals surface area contributed by atoms with Crippen molar-refractivity contribution in [2.75, 3.05) is 5.75 Å². The minimum Gasteiger partial charge on any atom is -0.480 e. The fourth-order valence-corrected chi connectivity index (χ4v) is 4.89. The van der Waals surface area contributed by atoms with E-state index in [9.17, 15) is 36.3 Å². The monoisotopic (exact) mass is 423 g/mol. The first kappa shape index (κ1) is 23.9. The highest BCUT2D eigenvalue weighted by Gasteiger charge is 2.33. The van der Waals surface area contributed by atoms with Crippen LogP contribution >= 0.6 is 0 Å². The first-order chi connectivity index (χ1) is 12.9. The van der Waals surface area contributed by atoms with Crippen LogP contribution in [0.5, 0.6) is 0 Å². The topological polar surface area (TPSA) is 101 Å². The SMILES string of the molecule is CCCC(CCC)S(=O)(=O)C[C@H](NC(=O)c1ccc(C(F)(F)F)cc1)C(=O)O. The number of sulfone groups is 1. The molecule has 0 unspecified atom stereocenters. The molecule has 1 atom stereocenters. The highest BCUT2D eigenvalue weighted by atomic mass is 32.2. The molecule has 0 bridgehead atoms. The lowest BCUT2D eigenvalue weighted by Crippen LogP contribution is -2.47. The number of carbonyl (C=O) groups excluding carboxylic acids is 1. The van der Waals surface area contributed by atoms with Gasteiger partial charge in [0.15, 0.2) is 9.84 Å². The summed E-state index contributed by atoms with van der Waals surface area (Å²) < 4.78 is 62.9. The van der Waals surface area contributed by atoms with E-state index in [1.54, 1.807) is 0 Å².